The summed E-state index contributed by atoms with van der Waals surface area (Å²) in [5, 5.41) is 20.5. The SMILES string of the molecule is N#CC1(C(=O)Nc2ccc(N=Nc3ccccc3)cc2)CCCC1. The lowest BCUT2D eigenvalue weighted by molar-refractivity contribution is -0.122. The van der Waals surface area contributed by atoms with E-state index in [1.807, 2.05) is 30.3 Å². The first-order chi connectivity index (χ1) is 11.7. The van der Waals surface area contributed by atoms with Crippen LogP contribution < -0.4 is 5.32 Å². The summed E-state index contributed by atoms with van der Waals surface area (Å²) >= 11 is 0. The van der Waals surface area contributed by atoms with Gasteiger partial charge in [-0.2, -0.15) is 15.5 Å². The van der Waals surface area contributed by atoms with E-state index in [0.29, 0.717) is 24.2 Å². The molecule has 0 aromatic heterocycles. The molecular formula is C19H18N4O. The lowest BCUT2D eigenvalue weighted by Crippen LogP contribution is -2.32. The fraction of sp³-hybridized carbons (Fsp3) is 0.263. The van der Waals surface area contributed by atoms with E-state index in [-0.39, 0.29) is 5.91 Å². The van der Waals surface area contributed by atoms with Crippen LogP contribution in [0.1, 0.15) is 25.7 Å². The molecule has 0 aliphatic heterocycles. The third kappa shape index (κ3) is 3.49. The molecule has 1 aliphatic carbocycles. The second-order valence-electron chi connectivity index (χ2n) is 5.94. The summed E-state index contributed by atoms with van der Waals surface area (Å²) in [6.45, 7) is 0. The largest absolute Gasteiger partial charge is 0.325 e. The summed E-state index contributed by atoms with van der Waals surface area (Å²) < 4.78 is 0. The molecule has 1 amide bonds. The minimum Gasteiger partial charge on any atom is -0.325 e. The molecule has 1 fully saturated rings. The second kappa shape index (κ2) is 7.05. The first kappa shape index (κ1) is 15.9. The molecule has 1 aliphatic rings. The van der Waals surface area contributed by atoms with E-state index in [1.54, 1.807) is 24.3 Å². The maximum absolute atomic E-state index is 12.4. The van der Waals surface area contributed by atoms with Gasteiger partial charge in [-0.1, -0.05) is 31.0 Å². The normalized spacial score (nSPS) is 16.0. The predicted octanol–water partition coefficient (Wildman–Crippen LogP) is 5.12. The number of nitrogens with zero attached hydrogens (tertiary/aromatic N) is 3. The second-order valence-corrected chi connectivity index (χ2v) is 5.94. The molecule has 0 unspecified atom stereocenters. The maximum Gasteiger partial charge on any atom is 0.244 e. The van der Waals surface area contributed by atoms with Gasteiger partial charge in [0.15, 0.2) is 0 Å². The molecule has 3 rings (SSSR count). The molecule has 1 saturated carbocycles. The number of amides is 1. The van der Waals surface area contributed by atoms with Crippen molar-refractivity contribution in [1.82, 2.24) is 0 Å². The van der Waals surface area contributed by atoms with Crippen LogP contribution in [0.25, 0.3) is 0 Å². The van der Waals surface area contributed by atoms with E-state index in [0.717, 1.165) is 18.5 Å². The number of hydrogen-bond acceptors (Lipinski definition) is 4. The number of nitriles is 1. The van der Waals surface area contributed by atoms with Crippen molar-refractivity contribution in [1.29, 1.82) is 5.26 Å². The zero-order chi connectivity index (χ0) is 16.8. The van der Waals surface area contributed by atoms with Crippen LogP contribution in [0.2, 0.25) is 0 Å². The van der Waals surface area contributed by atoms with Gasteiger partial charge in [0.05, 0.1) is 17.4 Å². The van der Waals surface area contributed by atoms with Crippen LogP contribution in [-0.2, 0) is 4.79 Å². The van der Waals surface area contributed by atoms with E-state index in [9.17, 15) is 10.1 Å². The lowest BCUT2D eigenvalue weighted by atomic mass is 9.87. The van der Waals surface area contributed by atoms with Crippen molar-refractivity contribution in [2.24, 2.45) is 15.6 Å². The minimum absolute atomic E-state index is 0.207. The Balaban J connectivity index is 1.66. The van der Waals surface area contributed by atoms with Crippen LogP contribution in [0.15, 0.2) is 64.8 Å². The van der Waals surface area contributed by atoms with Gasteiger partial charge in [-0.3, -0.25) is 4.79 Å². The third-order valence-electron chi connectivity index (χ3n) is 4.27. The summed E-state index contributed by atoms with van der Waals surface area (Å²) in [5.41, 5.74) is 1.28. The van der Waals surface area contributed by atoms with Crippen LogP contribution in [0, 0.1) is 16.7 Å². The van der Waals surface area contributed by atoms with Gasteiger partial charge >= 0.3 is 0 Å². The summed E-state index contributed by atoms with van der Waals surface area (Å²) in [7, 11) is 0. The Morgan fingerprint density at radius 3 is 2.12 bits per heavy atom. The van der Waals surface area contributed by atoms with Gasteiger partial charge in [-0.15, -0.1) is 0 Å². The highest BCUT2D eigenvalue weighted by Gasteiger charge is 2.41. The quantitative estimate of drug-likeness (QED) is 0.794. The Labute approximate surface area is 141 Å². The summed E-state index contributed by atoms with van der Waals surface area (Å²) in [6, 6.07) is 18.8. The molecule has 0 heterocycles. The summed E-state index contributed by atoms with van der Waals surface area (Å²) in [4.78, 5) is 12.4. The molecule has 0 atom stereocenters. The number of anilines is 1. The van der Waals surface area contributed by atoms with Crippen molar-refractivity contribution in [2.75, 3.05) is 5.32 Å². The predicted molar refractivity (Wildman–Crippen MR) is 92.2 cm³/mol. The Morgan fingerprint density at radius 1 is 0.958 bits per heavy atom. The van der Waals surface area contributed by atoms with Gasteiger partial charge in [0.1, 0.15) is 5.41 Å². The van der Waals surface area contributed by atoms with E-state index in [2.05, 4.69) is 21.6 Å². The molecule has 2 aromatic carbocycles. The zero-order valence-corrected chi connectivity index (χ0v) is 13.3. The monoisotopic (exact) mass is 318 g/mol. The molecular weight excluding hydrogens is 300 g/mol. The molecule has 24 heavy (non-hydrogen) atoms. The average molecular weight is 318 g/mol. The van der Waals surface area contributed by atoms with E-state index in [4.69, 9.17) is 0 Å². The number of benzene rings is 2. The van der Waals surface area contributed by atoms with Gasteiger partial charge in [0.25, 0.3) is 0 Å². The van der Waals surface area contributed by atoms with E-state index >= 15 is 0 Å². The van der Waals surface area contributed by atoms with Gasteiger partial charge in [-0.25, -0.2) is 0 Å². The Morgan fingerprint density at radius 2 is 1.54 bits per heavy atom. The van der Waals surface area contributed by atoms with Crippen molar-refractivity contribution >= 4 is 23.0 Å². The molecule has 0 spiro atoms. The number of rotatable bonds is 4. The van der Waals surface area contributed by atoms with Gasteiger partial charge in [-0.05, 0) is 49.2 Å². The van der Waals surface area contributed by atoms with Gasteiger partial charge in [0.2, 0.25) is 5.91 Å². The Hall–Kier alpha value is -3.00. The topological polar surface area (TPSA) is 77.6 Å². The summed E-state index contributed by atoms with van der Waals surface area (Å²) in [5.74, 6) is -0.207. The van der Waals surface area contributed by atoms with Crippen LogP contribution in [0.4, 0.5) is 17.1 Å². The molecule has 120 valence electrons. The average Bonchev–Trinajstić information content (AvgIpc) is 3.12. The summed E-state index contributed by atoms with van der Waals surface area (Å²) in [6.07, 6.45) is 3.14. The number of hydrogen-bond donors (Lipinski definition) is 1. The molecule has 1 N–H and O–H groups in total. The Bertz CT molecular complexity index is 769. The number of carbonyl (C=O) groups is 1. The van der Waals surface area contributed by atoms with Crippen LogP contribution in [-0.4, -0.2) is 5.91 Å². The first-order valence-corrected chi connectivity index (χ1v) is 8.01. The van der Waals surface area contributed by atoms with Gasteiger partial charge in [0, 0.05) is 5.69 Å². The highest BCUT2D eigenvalue weighted by Crippen LogP contribution is 2.38. The van der Waals surface area contributed by atoms with E-state index in [1.165, 1.54) is 0 Å². The first-order valence-electron chi connectivity index (χ1n) is 8.01. The van der Waals surface area contributed by atoms with Crippen LogP contribution in [0.5, 0.6) is 0 Å². The maximum atomic E-state index is 12.4. The molecule has 5 nitrogen and oxygen atoms in total. The van der Waals surface area contributed by atoms with Crippen molar-refractivity contribution < 1.29 is 4.79 Å². The van der Waals surface area contributed by atoms with Crippen molar-refractivity contribution in [3.05, 3.63) is 54.6 Å². The molecule has 0 radical (unpaired) electrons. The van der Waals surface area contributed by atoms with E-state index < -0.39 is 5.41 Å². The highest BCUT2D eigenvalue weighted by atomic mass is 16.2. The molecule has 5 heteroatoms. The number of azo groups is 1. The standard InChI is InChI=1S/C19H18N4O/c20-14-19(12-4-5-13-19)18(24)21-15-8-10-17(11-9-15)23-22-16-6-2-1-3-7-16/h1-3,6-11H,4-5,12-13H2,(H,21,24). The molecule has 2 aromatic rings. The zero-order valence-electron chi connectivity index (χ0n) is 13.3. The Kier molecular flexibility index (Phi) is 4.66. The fourth-order valence-electron chi connectivity index (χ4n) is 2.84. The molecule has 0 bridgehead atoms. The highest BCUT2D eigenvalue weighted by molar-refractivity contribution is 5.97. The number of nitrogens with one attached hydrogen (secondary N) is 1. The van der Waals surface area contributed by atoms with Crippen molar-refractivity contribution in [2.45, 2.75) is 25.7 Å². The van der Waals surface area contributed by atoms with Crippen LogP contribution in [0.3, 0.4) is 0 Å². The van der Waals surface area contributed by atoms with Gasteiger partial charge < -0.3 is 5.32 Å². The third-order valence-corrected chi connectivity index (χ3v) is 4.27. The fourth-order valence-corrected chi connectivity index (χ4v) is 2.84. The minimum atomic E-state index is -0.869. The van der Waals surface area contributed by atoms with Crippen molar-refractivity contribution in [3.8, 4) is 6.07 Å². The van der Waals surface area contributed by atoms with Crippen molar-refractivity contribution in [3.63, 3.8) is 0 Å². The number of carbonyl (C=O) groups excluding carboxylic acids is 1. The molecule has 0 saturated heterocycles. The van der Waals surface area contributed by atoms with Crippen LogP contribution >= 0.6 is 0 Å². The lowest BCUT2D eigenvalue weighted by Gasteiger charge is -2.19. The smallest absolute Gasteiger partial charge is 0.244 e.